The number of hydrogen-bond acceptors (Lipinski definition) is 3. The Balaban J connectivity index is 3.80. The van der Waals surface area contributed by atoms with Crippen molar-refractivity contribution in [2.45, 2.75) is 0 Å². The van der Waals surface area contributed by atoms with Crippen molar-refractivity contribution in [1.82, 2.24) is 0 Å². The Hall–Kier alpha value is 0.110. The largest absolute Gasteiger partial charge is 0.331 e. The van der Waals surface area contributed by atoms with Crippen molar-refractivity contribution in [1.29, 1.82) is 0 Å². The van der Waals surface area contributed by atoms with E-state index in [0.29, 0.717) is 11.2 Å². The summed E-state index contributed by atoms with van der Waals surface area (Å²) in [5, 5.41) is 0. The molecule has 0 aliphatic carbocycles. The molecule has 11 heavy (non-hydrogen) atoms. The molecule has 0 radical (unpaired) electrons. The van der Waals surface area contributed by atoms with Gasteiger partial charge in [0.25, 0.3) is 0 Å². The Bertz CT molecular complexity index is 164. The minimum Gasteiger partial charge on any atom is -0.312 e. The third-order valence-electron chi connectivity index (χ3n) is 1.01. The first-order chi connectivity index (χ1) is 4.77. The first kappa shape index (κ1) is 11.1. The van der Waals surface area contributed by atoms with Gasteiger partial charge in [-0.3, -0.25) is 9.09 Å². The lowest BCUT2D eigenvalue weighted by molar-refractivity contribution is -0.886. The van der Waals surface area contributed by atoms with Gasteiger partial charge in [0.2, 0.25) is 0 Å². The first-order valence-corrected chi connectivity index (χ1v) is 5.34. The Labute approximate surface area is 68.2 Å². The lowest BCUT2D eigenvalue weighted by atomic mass is 10.7. The Morgan fingerprint density at radius 3 is 2.09 bits per heavy atom. The van der Waals surface area contributed by atoms with E-state index in [0.717, 1.165) is 0 Å². The van der Waals surface area contributed by atoms with Crippen molar-refractivity contribution in [3.8, 4) is 0 Å². The first-order valence-electron chi connectivity index (χ1n) is 3.35. The van der Waals surface area contributed by atoms with Crippen LogP contribution >= 0.6 is 7.60 Å². The van der Waals surface area contributed by atoms with Crippen molar-refractivity contribution < 1.29 is 18.1 Å². The van der Waals surface area contributed by atoms with Gasteiger partial charge in [-0.2, -0.15) is 0 Å². The van der Waals surface area contributed by atoms with Crippen LogP contribution in [0.5, 0.6) is 0 Å². The van der Waals surface area contributed by atoms with Gasteiger partial charge in [-0.1, -0.05) is 0 Å². The van der Waals surface area contributed by atoms with Crippen LogP contribution in [0.3, 0.4) is 0 Å². The highest BCUT2D eigenvalue weighted by Crippen LogP contribution is 2.42. The maximum absolute atomic E-state index is 11.2. The average Bonchev–Trinajstić information content (AvgIpc) is 1.83. The molecule has 0 aromatic carbocycles. The molecule has 0 rings (SSSR count). The van der Waals surface area contributed by atoms with Crippen LogP contribution < -0.4 is 0 Å². The SMILES string of the molecule is COP(C)(=O)OC[N+](C)(C)C. The van der Waals surface area contributed by atoms with E-state index in [2.05, 4.69) is 4.52 Å². The quantitative estimate of drug-likeness (QED) is 0.371. The Kier molecular flexibility index (Phi) is 3.71. The molecule has 0 saturated heterocycles. The highest BCUT2D eigenvalue weighted by atomic mass is 31.2. The van der Waals surface area contributed by atoms with E-state index in [-0.39, 0.29) is 0 Å². The zero-order chi connectivity index (χ0) is 9.12. The second-order valence-corrected chi connectivity index (χ2v) is 5.67. The average molecular weight is 182 g/mol. The molecule has 0 aliphatic heterocycles. The summed E-state index contributed by atoms with van der Waals surface area (Å²) in [4.78, 5) is 0. The summed E-state index contributed by atoms with van der Waals surface area (Å²) in [5.41, 5.74) is 0. The topological polar surface area (TPSA) is 35.5 Å². The maximum Gasteiger partial charge on any atom is 0.331 e. The van der Waals surface area contributed by atoms with Gasteiger partial charge in [0.15, 0.2) is 6.73 Å². The molecule has 0 heterocycles. The fourth-order valence-electron chi connectivity index (χ4n) is 0.331. The van der Waals surface area contributed by atoms with E-state index >= 15 is 0 Å². The molecule has 0 fully saturated rings. The van der Waals surface area contributed by atoms with Gasteiger partial charge in [0.1, 0.15) is 0 Å². The summed E-state index contributed by atoms with van der Waals surface area (Å²) in [6.07, 6.45) is 0. The van der Waals surface area contributed by atoms with E-state index in [4.69, 9.17) is 4.52 Å². The van der Waals surface area contributed by atoms with Gasteiger partial charge in [-0.15, -0.1) is 0 Å². The lowest BCUT2D eigenvalue weighted by Gasteiger charge is -2.24. The smallest absolute Gasteiger partial charge is 0.312 e. The fourth-order valence-corrected chi connectivity index (χ4v) is 0.992. The maximum atomic E-state index is 11.2. The van der Waals surface area contributed by atoms with Crippen LogP contribution in [0.4, 0.5) is 0 Å². The van der Waals surface area contributed by atoms with E-state index in [1.165, 1.54) is 13.8 Å². The molecule has 5 heteroatoms. The molecule has 1 unspecified atom stereocenters. The second-order valence-electron chi connectivity index (χ2n) is 3.50. The molecule has 0 aromatic rings. The summed E-state index contributed by atoms with van der Waals surface area (Å²) >= 11 is 0. The van der Waals surface area contributed by atoms with Crippen molar-refractivity contribution in [3.63, 3.8) is 0 Å². The van der Waals surface area contributed by atoms with Crippen LogP contribution in [-0.2, 0) is 13.6 Å². The molecule has 0 aromatic heterocycles. The van der Waals surface area contributed by atoms with Crippen LogP contribution in [0.25, 0.3) is 0 Å². The number of quaternary nitrogens is 1. The second kappa shape index (κ2) is 3.68. The summed E-state index contributed by atoms with van der Waals surface area (Å²) in [6, 6.07) is 0. The van der Waals surface area contributed by atoms with E-state index in [1.807, 2.05) is 21.1 Å². The molecule has 4 nitrogen and oxygen atoms in total. The Morgan fingerprint density at radius 1 is 1.36 bits per heavy atom. The zero-order valence-corrected chi connectivity index (χ0v) is 8.72. The summed E-state index contributed by atoms with van der Waals surface area (Å²) in [6.45, 7) is 1.85. The van der Waals surface area contributed by atoms with E-state index < -0.39 is 7.60 Å². The highest BCUT2D eigenvalue weighted by Gasteiger charge is 2.18. The molecule has 1 atom stereocenters. The minimum absolute atomic E-state index is 0.390. The third kappa shape index (κ3) is 6.51. The third-order valence-corrected chi connectivity index (χ3v) is 2.26. The molecule has 0 amide bonds. The number of hydrogen-bond donors (Lipinski definition) is 0. The van der Waals surface area contributed by atoms with Gasteiger partial charge in [-0.05, 0) is 0 Å². The van der Waals surface area contributed by atoms with Crippen LogP contribution in [-0.4, -0.2) is 46.1 Å². The van der Waals surface area contributed by atoms with Crippen LogP contribution in [0, 0.1) is 0 Å². The molecular weight excluding hydrogens is 165 g/mol. The van der Waals surface area contributed by atoms with Crippen molar-refractivity contribution in [2.24, 2.45) is 0 Å². The fraction of sp³-hybridized carbons (Fsp3) is 1.00. The van der Waals surface area contributed by atoms with Crippen LogP contribution in [0.1, 0.15) is 0 Å². The molecule has 68 valence electrons. The number of nitrogens with zero attached hydrogens (tertiary/aromatic N) is 1. The van der Waals surface area contributed by atoms with Crippen LogP contribution in [0.15, 0.2) is 0 Å². The highest BCUT2D eigenvalue weighted by molar-refractivity contribution is 7.52. The van der Waals surface area contributed by atoms with Gasteiger partial charge in [-0.25, -0.2) is 0 Å². The lowest BCUT2D eigenvalue weighted by Crippen LogP contribution is -2.36. The summed E-state index contributed by atoms with van der Waals surface area (Å²) < 4.78 is 21.5. The van der Waals surface area contributed by atoms with Crippen molar-refractivity contribution in [3.05, 3.63) is 0 Å². The normalized spacial score (nSPS) is 17.9. The summed E-state index contributed by atoms with van der Waals surface area (Å²) in [5.74, 6) is 0. The predicted molar refractivity (Wildman–Crippen MR) is 44.5 cm³/mol. The Morgan fingerprint density at radius 2 is 1.82 bits per heavy atom. The molecular formula is C6H17NO3P+. The monoisotopic (exact) mass is 182 g/mol. The predicted octanol–water partition coefficient (Wildman–Crippen LogP) is 1.14. The zero-order valence-electron chi connectivity index (χ0n) is 7.83. The van der Waals surface area contributed by atoms with Crippen LogP contribution in [0.2, 0.25) is 0 Å². The van der Waals surface area contributed by atoms with Gasteiger partial charge in [0, 0.05) is 13.8 Å². The molecule has 0 aliphatic rings. The molecule has 0 spiro atoms. The van der Waals surface area contributed by atoms with E-state index in [1.54, 1.807) is 0 Å². The molecule has 0 N–H and O–H groups in total. The van der Waals surface area contributed by atoms with Gasteiger partial charge >= 0.3 is 7.60 Å². The standard InChI is InChI=1S/C6H17NO3P/c1-7(2,3)6-10-11(5,8)9-4/h6H2,1-5H3/q+1. The summed E-state index contributed by atoms with van der Waals surface area (Å²) in [7, 11) is 4.46. The van der Waals surface area contributed by atoms with Gasteiger partial charge in [0.05, 0.1) is 21.1 Å². The van der Waals surface area contributed by atoms with Crippen molar-refractivity contribution >= 4 is 7.60 Å². The minimum atomic E-state index is -2.79. The van der Waals surface area contributed by atoms with Gasteiger partial charge < -0.3 is 9.01 Å². The number of rotatable bonds is 4. The molecule has 0 bridgehead atoms. The van der Waals surface area contributed by atoms with E-state index in [9.17, 15) is 4.57 Å². The molecule has 0 saturated carbocycles. The van der Waals surface area contributed by atoms with Crippen molar-refractivity contribution in [2.75, 3.05) is 41.6 Å².